The van der Waals surface area contributed by atoms with Gasteiger partial charge in [0.2, 0.25) is 0 Å². The number of nitrogens with zero attached hydrogens (tertiary/aromatic N) is 3. The van der Waals surface area contributed by atoms with Crippen LogP contribution < -0.4 is 0 Å². The van der Waals surface area contributed by atoms with Crippen molar-refractivity contribution in [1.29, 1.82) is 0 Å². The van der Waals surface area contributed by atoms with Crippen LogP contribution in [-0.2, 0) is 11.2 Å². The quantitative estimate of drug-likeness (QED) is 0.693. The molecule has 6 heteroatoms. The van der Waals surface area contributed by atoms with Crippen molar-refractivity contribution in [2.45, 2.75) is 6.42 Å². The van der Waals surface area contributed by atoms with Crippen LogP contribution in [0.25, 0.3) is 5.65 Å². The summed E-state index contributed by atoms with van der Waals surface area (Å²) in [5.74, 6) is -0.230. The minimum absolute atomic E-state index is 0.311. The van der Waals surface area contributed by atoms with Crippen LogP contribution in [-0.4, -0.2) is 27.7 Å². The maximum atomic E-state index is 13.3. The topological polar surface area (TPSA) is 56.5 Å². The van der Waals surface area contributed by atoms with Crippen molar-refractivity contribution in [3.63, 3.8) is 0 Å². The Morgan fingerprint density at radius 2 is 2.05 bits per heavy atom. The van der Waals surface area contributed by atoms with Gasteiger partial charge in [0.15, 0.2) is 5.65 Å². The number of carbonyl (C=O) groups is 1. The van der Waals surface area contributed by atoms with Gasteiger partial charge in [0.25, 0.3) is 0 Å². The third-order valence-electron chi connectivity index (χ3n) is 3.14. The summed E-state index contributed by atoms with van der Waals surface area (Å²) in [7, 11) is 1.32. The summed E-state index contributed by atoms with van der Waals surface area (Å²) in [6.07, 6.45) is 0.368. The molecule has 0 N–H and O–H groups in total. The molecule has 0 unspecified atom stereocenters. The van der Waals surface area contributed by atoms with E-state index >= 15 is 0 Å². The molecule has 21 heavy (non-hydrogen) atoms. The number of benzene rings is 1. The molecule has 1 aromatic carbocycles. The predicted molar refractivity (Wildman–Crippen MR) is 73.5 cm³/mol. The molecule has 0 bridgehead atoms. The summed E-state index contributed by atoms with van der Waals surface area (Å²) in [4.78, 5) is 11.8. The summed E-state index contributed by atoms with van der Waals surface area (Å²) in [6, 6.07) is 11.3. The molecule has 0 amide bonds. The fraction of sp³-hybridized carbons (Fsp3) is 0.133. The van der Waals surface area contributed by atoms with Crippen LogP contribution in [0.4, 0.5) is 4.39 Å². The highest BCUT2D eigenvalue weighted by atomic mass is 19.1. The van der Waals surface area contributed by atoms with E-state index in [1.54, 1.807) is 34.7 Å². The highest BCUT2D eigenvalue weighted by Gasteiger charge is 2.15. The first-order valence-corrected chi connectivity index (χ1v) is 6.35. The molecule has 106 valence electrons. The zero-order valence-electron chi connectivity index (χ0n) is 11.3. The summed E-state index contributed by atoms with van der Waals surface area (Å²) in [5.41, 5.74) is 1.64. The van der Waals surface area contributed by atoms with E-state index in [2.05, 4.69) is 10.2 Å². The molecule has 3 rings (SSSR count). The molecule has 2 heterocycles. The summed E-state index contributed by atoms with van der Waals surface area (Å²) >= 11 is 0. The SMILES string of the molecule is COC(=O)c1cccc2nnc(Cc3cccc(F)c3)n12. The Morgan fingerprint density at radius 1 is 1.24 bits per heavy atom. The van der Waals surface area contributed by atoms with Crippen molar-refractivity contribution in [2.24, 2.45) is 0 Å². The maximum absolute atomic E-state index is 13.3. The highest BCUT2D eigenvalue weighted by Crippen LogP contribution is 2.14. The lowest BCUT2D eigenvalue weighted by molar-refractivity contribution is 0.0592. The number of fused-ring (bicyclic) bond motifs is 1. The Hall–Kier alpha value is -2.76. The largest absolute Gasteiger partial charge is 0.464 e. The van der Waals surface area contributed by atoms with Gasteiger partial charge < -0.3 is 4.74 Å². The molecule has 5 nitrogen and oxygen atoms in total. The Morgan fingerprint density at radius 3 is 2.81 bits per heavy atom. The van der Waals surface area contributed by atoms with Gasteiger partial charge in [0, 0.05) is 6.42 Å². The van der Waals surface area contributed by atoms with E-state index in [1.165, 1.54) is 19.2 Å². The van der Waals surface area contributed by atoms with Gasteiger partial charge in [-0.3, -0.25) is 4.40 Å². The van der Waals surface area contributed by atoms with E-state index in [1.807, 2.05) is 0 Å². The number of aromatic nitrogens is 3. The van der Waals surface area contributed by atoms with Gasteiger partial charge in [-0.2, -0.15) is 0 Å². The van der Waals surface area contributed by atoms with Crippen molar-refractivity contribution in [1.82, 2.24) is 14.6 Å². The third-order valence-corrected chi connectivity index (χ3v) is 3.14. The molecule has 0 aliphatic rings. The van der Waals surface area contributed by atoms with Gasteiger partial charge in [0.1, 0.15) is 17.3 Å². The number of halogens is 1. The lowest BCUT2D eigenvalue weighted by Crippen LogP contribution is -2.10. The van der Waals surface area contributed by atoms with Gasteiger partial charge in [0.05, 0.1) is 7.11 Å². The van der Waals surface area contributed by atoms with Crippen LogP contribution in [0.2, 0.25) is 0 Å². The van der Waals surface area contributed by atoms with Crippen LogP contribution in [0, 0.1) is 5.82 Å². The van der Waals surface area contributed by atoms with Crippen molar-refractivity contribution in [3.8, 4) is 0 Å². The van der Waals surface area contributed by atoms with E-state index in [-0.39, 0.29) is 5.82 Å². The number of pyridine rings is 1. The normalized spacial score (nSPS) is 10.8. The molecule has 0 spiro atoms. The van der Waals surface area contributed by atoms with E-state index in [4.69, 9.17) is 4.74 Å². The molecule has 0 saturated heterocycles. The van der Waals surface area contributed by atoms with Crippen LogP contribution in [0.1, 0.15) is 21.9 Å². The number of esters is 1. The van der Waals surface area contributed by atoms with E-state index in [0.717, 1.165) is 5.56 Å². The highest BCUT2D eigenvalue weighted by molar-refractivity contribution is 5.88. The first-order valence-electron chi connectivity index (χ1n) is 6.35. The molecule has 2 aromatic heterocycles. The minimum Gasteiger partial charge on any atom is -0.464 e. The predicted octanol–water partition coefficient (Wildman–Crippen LogP) is 2.25. The average Bonchev–Trinajstić information content (AvgIpc) is 2.90. The van der Waals surface area contributed by atoms with Crippen LogP contribution in [0.5, 0.6) is 0 Å². The zero-order valence-corrected chi connectivity index (χ0v) is 11.3. The Kier molecular flexibility index (Phi) is 3.35. The standard InChI is InChI=1S/C15H12FN3O2/c1-21-15(20)12-6-3-7-13-17-18-14(19(12)13)9-10-4-2-5-11(16)8-10/h2-8H,9H2,1H3. The second kappa shape index (κ2) is 5.32. The number of methoxy groups -OCH3 is 1. The van der Waals surface area contributed by atoms with Gasteiger partial charge >= 0.3 is 5.97 Å². The van der Waals surface area contributed by atoms with Crippen molar-refractivity contribution < 1.29 is 13.9 Å². The Bertz CT molecular complexity index is 814. The molecule has 0 saturated carbocycles. The molecule has 0 aliphatic heterocycles. The van der Waals surface area contributed by atoms with Crippen LogP contribution in [0.15, 0.2) is 42.5 Å². The second-order valence-corrected chi connectivity index (χ2v) is 4.52. The van der Waals surface area contributed by atoms with E-state index in [9.17, 15) is 9.18 Å². The molecular weight excluding hydrogens is 273 g/mol. The number of ether oxygens (including phenoxy) is 1. The first kappa shape index (κ1) is 13.2. The van der Waals surface area contributed by atoms with Gasteiger partial charge in [-0.05, 0) is 29.8 Å². The Balaban J connectivity index is 2.09. The van der Waals surface area contributed by atoms with Gasteiger partial charge in [-0.25, -0.2) is 9.18 Å². The van der Waals surface area contributed by atoms with Crippen LogP contribution >= 0.6 is 0 Å². The number of rotatable bonds is 3. The smallest absolute Gasteiger partial charge is 0.355 e. The summed E-state index contributed by atoms with van der Waals surface area (Å²) < 4.78 is 19.6. The summed E-state index contributed by atoms with van der Waals surface area (Å²) in [6.45, 7) is 0. The number of hydrogen-bond donors (Lipinski definition) is 0. The molecule has 0 radical (unpaired) electrons. The van der Waals surface area contributed by atoms with Gasteiger partial charge in [-0.1, -0.05) is 18.2 Å². The fourth-order valence-corrected chi connectivity index (χ4v) is 2.21. The molecule has 0 fully saturated rings. The zero-order chi connectivity index (χ0) is 14.8. The molecule has 0 aliphatic carbocycles. The van der Waals surface area contributed by atoms with Crippen molar-refractivity contribution >= 4 is 11.6 Å². The second-order valence-electron chi connectivity index (χ2n) is 4.52. The summed E-state index contributed by atoms with van der Waals surface area (Å²) in [5, 5.41) is 8.11. The van der Waals surface area contributed by atoms with Crippen molar-refractivity contribution in [3.05, 3.63) is 65.4 Å². The monoisotopic (exact) mass is 285 g/mol. The number of carbonyl (C=O) groups excluding carboxylic acids is 1. The molecule has 3 aromatic rings. The number of hydrogen-bond acceptors (Lipinski definition) is 4. The lowest BCUT2D eigenvalue weighted by atomic mass is 10.1. The lowest BCUT2D eigenvalue weighted by Gasteiger charge is -2.06. The van der Waals surface area contributed by atoms with E-state index < -0.39 is 5.97 Å². The average molecular weight is 285 g/mol. The fourth-order valence-electron chi connectivity index (χ4n) is 2.21. The molecular formula is C15H12FN3O2. The minimum atomic E-state index is -0.471. The third kappa shape index (κ3) is 2.47. The van der Waals surface area contributed by atoms with Gasteiger partial charge in [-0.15, -0.1) is 10.2 Å². The van der Waals surface area contributed by atoms with E-state index in [0.29, 0.717) is 23.6 Å². The molecule has 0 atom stereocenters. The Labute approximate surface area is 120 Å². The van der Waals surface area contributed by atoms with Crippen molar-refractivity contribution in [2.75, 3.05) is 7.11 Å². The van der Waals surface area contributed by atoms with Crippen LogP contribution in [0.3, 0.4) is 0 Å². The maximum Gasteiger partial charge on any atom is 0.355 e. The first-order chi connectivity index (χ1) is 10.2.